The number of aliphatic hydroxyl groups excluding tert-OH is 1. The fourth-order valence-corrected chi connectivity index (χ4v) is 3.63. The number of allylic oxidation sites excluding steroid dienone is 3. The molecule has 2 heterocycles. The number of carbonyl (C=O) groups excluding carboxylic acids is 1. The number of rotatable bonds is 11. The van der Waals surface area contributed by atoms with E-state index in [1.54, 1.807) is 0 Å². The molecule has 3 rings (SSSR count). The van der Waals surface area contributed by atoms with Crippen molar-refractivity contribution in [2.75, 3.05) is 46.1 Å². The zero-order chi connectivity index (χ0) is 22.6. The number of ether oxygens (including phenoxy) is 3. The maximum absolute atomic E-state index is 12.5. The number of ketones is 1. The van der Waals surface area contributed by atoms with E-state index in [4.69, 9.17) is 14.2 Å². The molecule has 0 saturated carbocycles. The zero-order valence-electron chi connectivity index (χ0n) is 18.6. The third-order valence-electron chi connectivity index (χ3n) is 5.52. The van der Waals surface area contributed by atoms with Crippen LogP contribution in [0.5, 0.6) is 0 Å². The summed E-state index contributed by atoms with van der Waals surface area (Å²) in [5, 5.41) is 10.4. The molecular weight excluding hydrogens is 406 g/mol. The minimum Gasteiger partial charge on any atom is -0.507 e. The molecule has 1 N–H and O–H groups in total. The van der Waals surface area contributed by atoms with Gasteiger partial charge in [-0.25, -0.2) is 0 Å². The topological polar surface area (TPSA) is 68.2 Å². The van der Waals surface area contributed by atoms with Crippen molar-refractivity contribution in [2.45, 2.75) is 25.7 Å². The summed E-state index contributed by atoms with van der Waals surface area (Å²) in [5.74, 6) is 0.519. The Balaban J connectivity index is 1.42. The van der Waals surface area contributed by atoms with Crippen LogP contribution in [0.3, 0.4) is 0 Å². The largest absolute Gasteiger partial charge is 0.507 e. The molecule has 1 aromatic rings. The van der Waals surface area contributed by atoms with Crippen LogP contribution >= 0.6 is 0 Å². The monoisotopic (exact) mass is 439 g/mol. The predicted molar refractivity (Wildman–Crippen MR) is 125 cm³/mol. The van der Waals surface area contributed by atoms with E-state index in [1.807, 2.05) is 30.3 Å². The molecule has 1 saturated heterocycles. The second-order valence-electron chi connectivity index (χ2n) is 7.86. The van der Waals surface area contributed by atoms with E-state index >= 15 is 0 Å². The number of carbonyl (C=O) groups is 1. The van der Waals surface area contributed by atoms with Crippen LogP contribution in [0.1, 0.15) is 31.2 Å². The van der Waals surface area contributed by atoms with E-state index in [1.165, 1.54) is 24.6 Å². The van der Waals surface area contributed by atoms with Crippen molar-refractivity contribution < 1.29 is 24.1 Å². The summed E-state index contributed by atoms with van der Waals surface area (Å²) < 4.78 is 16.8. The van der Waals surface area contributed by atoms with E-state index < -0.39 is 0 Å². The standard InChI is InChI=1S/C26H33NO5/c1-2-22(31-15-9-4-3-8-12-27-13-16-30-17-14-27)18-24(28)23-20-32-26(19-25(23)29)21-10-6-5-7-11-21/h2,5-7,10-11,18-19,28H,1,3-4,8-9,12-17,20H2/b22-18+,24-23-. The summed E-state index contributed by atoms with van der Waals surface area (Å²) in [7, 11) is 0. The van der Waals surface area contributed by atoms with E-state index in [0.29, 0.717) is 18.1 Å². The SMILES string of the molecule is C=C/C(=C\C(O)=C1/COC(c2ccccc2)=CC1=O)OCCCCCCN1CCOCC1. The van der Waals surface area contributed by atoms with Crippen LogP contribution < -0.4 is 0 Å². The number of unbranched alkanes of at least 4 members (excludes halogenated alkanes) is 3. The number of hydrogen-bond donors (Lipinski definition) is 1. The second-order valence-corrected chi connectivity index (χ2v) is 7.86. The Hall–Kier alpha value is -2.83. The molecule has 0 amide bonds. The highest BCUT2D eigenvalue weighted by molar-refractivity contribution is 6.09. The van der Waals surface area contributed by atoms with Crippen LogP contribution in [0.25, 0.3) is 5.76 Å². The van der Waals surface area contributed by atoms with Gasteiger partial charge in [0.25, 0.3) is 0 Å². The Morgan fingerprint density at radius 2 is 1.88 bits per heavy atom. The molecule has 0 aromatic heterocycles. The Morgan fingerprint density at radius 1 is 1.12 bits per heavy atom. The average Bonchev–Trinajstić information content (AvgIpc) is 2.83. The first kappa shape index (κ1) is 23.8. The Kier molecular flexibility index (Phi) is 9.60. The van der Waals surface area contributed by atoms with Gasteiger partial charge in [-0.1, -0.05) is 49.8 Å². The van der Waals surface area contributed by atoms with E-state index in [2.05, 4.69) is 11.5 Å². The molecule has 172 valence electrons. The van der Waals surface area contributed by atoms with Crippen LogP contribution in [0.15, 0.2) is 72.2 Å². The van der Waals surface area contributed by atoms with E-state index in [9.17, 15) is 9.90 Å². The summed E-state index contributed by atoms with van der Waals surface area (Å²) in [6.07, 6.45) is 8.72. The first-order chi connectivity index (χ1) is 15.7. The molecule has 0 spiro atoms. The maximum Gasteiger partial charge on any atom is 0.192 e. The molecule has 2 aliphatic rings. The third kappa shape index (κ3) is 7.39. The lowest BCUT2D eigenvalue weighted by atomic mass is 10.0. The summed E-state index contributed by atoms with van der Waals surface area (Å²) in [5.41, 5.74) is 1.03. The molecule has 32 heavy (non-hydrogen) atoms. The molecular formula is C26H33NO5. The van der Waals surface area contributed by atoms with Crippen LogP contribution in [-0.4, -0.2) is 61.9 Å². The molecule has 2 aliphatic heterocycles. The summed E-state index contributed by atoms with van der Waals surface area (Å²) in [4.78, 5) is 14.9. The molecule has 1 fully saturated rings. The van der Waals surface area contributed by atoms with Crippen molar-refractivity contribution in [1.82, 2.24) is 4.90 Å². The van der Waals surface area contributed by atoms with Gasteiger partial charge in [0.1, 0.15) is 23.9 Å². The van der Waals surface area contributed by atoms with Gasteiger partial charge in [-0.05, 0) is 25.5 Å². The molecule has 0 aliphatic carbocycles. The van der Waals surface area contributed by atoms with Crippen molar-refractivity contribution in [2.24, 2.45) is 0 Å². The Bertz CT molecular complexity index is 850. The van der Waals surface area contributed by atoms with Gasteiger partial charge in [0.15, 0.2) is 5.78 Å². The number of hydrogen-bond acceptors (Lipinski definition) is 6. The van der Waals surface area contributed by atoms with Crippen LogP contribution in [-0.2, 0) is 19.0 Å². The molecule has 0 unspecified atom stereocenters. The van der Waals surface area contributed by atoms with Gasteiger partial charge < -0.3 is 19.3 Å². The number of benzene rings is 1. The number of morpholine rings is 1. The Labute approximate surface area is 190 Å². The van der Waals surface area contributed by atoms with E-state index in [-0.39, 0.29) is 23.7 Å². The van der Waals surface area contributed by atoms with Gasteiger partial charge in [0.05, 0.1) is 25.4 Å². The van der Waals surface area contributed by atoms with Crippen LogP contribution in [0, 0.1) is 0 Å². The van der Waals surface area contributed by atoms with Gasteiger partial charge >= 0.3 is 0 Å². The molecule has 6 heteroatoms. The molecule has 0 bridgehead atoms. The normalized spacial score (nSPS) is 19.2. The molecule has 0 radical (unpaired) electrons. The molecule has 1 aromatic carbocycles. The van der Waals surface area contributed by atoms with Gasteiger partial charge in [0.2, 0.25) is 0 Å². The molecule has 6 nitrogen and oxygen atoms in total. The highest BCUT2D eigenvalue weighted by Gasteiger charge is 2.21. The second kappa shape index (κ2) is 12.9. The minimum atomic E-state index is -0.271. The van der Waals surface area contributed by atoms with Crippen molar-refractivity contribution in [3.63, 3.8) is 0 Å². The molecule has 0 atom stereocenters. The first-order valence-corrected chi connectivity index (χ1v) is 11.3. The number of nitrogens with zero attached hydrogens (tertiary/aromatic N) is 1. The van der Waals surface area contributed by atoms with Gasteiger partial charge in [-0.2, -0.15) is 0 Å². The Morgan fingerprint density at radius 3 is 2.59 bits per heavy atom. The average molecular weight is 440 g/mol. The lowest BCUT2D eigenvalue weighted by molar-refractivity contribution is -0.112. The lowest BCUT2D eigenvalue weighted by Gasteiger charge is -2.26. The van der Waals surface area contributed by atoms with E-state index in [0.717, 1.165) is 57.7 Å². The van der Waals surface area contributed by atoms with Crippen molar-refractivity contribution in [3.8, 4) is 0 Å². The summed E-state index contributed by atoms with van der Waals surface area (Å²) in [6, 6.07) is 9.42. The van der Waals surface area contributed by atoms with Crippen LogP contribution in [0.4, 0.5) is 0 Å². The van der Waals surface area contributed by atoms with Gasteiger partial charge in [-0.15, -0.1) is 0 Å². The summed E-state index contributed by atoms with van der Waals surface area (Å²) >= 11 is 0. The smallest absolute Gasteiger partial charge is 0.192 e. The predicted octanol–water partition coefficient (Wildman–Crippen LogP) is 4.42. The highest BCUT2D eigenvalue weighted by Crippen LogP contribution is 2.24. The van der Waals surface area contributed by atoms with Gasteiger partial charge in [0, 0.05) is 30.8 Å². The number of aliphatic hydroxyl groups is 1. The maximum atomic E-state index is 12.5. The fourth-order valence-electron chi connectivity index (χ4n) is 3.63. The van der Waals surface area contributed by atoms with Crippen molar-refractivity contribution in [1.29, 1.82) is 0 Å². The quantitative estimate of drug-likeness (QED) is 0.238. The zero-order valence-corrected chi connectivity index (χ0v) is 18.6. The summed E-state index contributed by atoms with van der Waals surface area (Å²) in [6.45, 7) is 9.17. The van der Waals surface area contributed by atoms with Crippen molar-refractivity contribution in [3.05, 3.63) is 77.8 Å². The minimum absolute atomic E-state index is 0.00938. The first-order valence-electron chi connectivity index (χ1n) is 11.3. The highest BCUT2D eigenvalue weighted by atomic mass is 16.5. The fraction of sp³-hybridized carbons (Fsp3) is 0.423. The van der Waals surface area contributed by atoms with Gasteiger partial charge in [-0.3, -0.25) is 9.69 Å². The third-order valence-corrected chi connectivity index (χ3v) is 5.52. The van der Waals surface area contributed by atoms with Crippen LogP contribution in [0.2, 0.25) is 0 Å². The van der Waals surface area contributed by atoms with Crippen molar-refractivity contribution >= 4 is 11.5 Å². The lowest BCUT2D eigenvalue weighted by Crippen LogP contribution is -2.36.